The molecule has 16 heavy (non-hydrogen) atoms. The Morgan fingerprint density at radius 3 is 2.69 bits per heavy atom. The van der Waals surface area contributed by atoms with Crippen molar-refractivity contribution < 1.29 is 9.15 Å². The smallest absolute Gasteiger partial charge is 0.226 e. The molecule has 0 aromatic carbocycles. The third-order valence-corrected chi connectivity index (χ3v) is 3.94. The van der Waals surface area contributed by atoms with Crippen molar-refractivity contribution in [2.45, 2.75) is 43.6 Å². The highest BCUT2D eigenvalue weighted by Gasteiger charge is 2.16. The number of rotatable bonds is 4. The predicted octanol–water partition coefficient (Wildman–Crippen LogP) is 2.61. The molecule has 0 unspecified atom stereocenters. The number of nitrogens with zero attached hydrogens (tertiary/aromatic N) is 2. The Kier molecular flexibility index (Phi) is 4.23. The van der Waals surface area contributed by atoms with Crippen LogP contribution >= 0.6 is 11.8 Å². The summed E-state index contributed by atoms with van der Waals surface area (Å²) in [5, 5.41) is 8.76. The van der Waals surface area contributed by atoms with E-state index in [-0.39, 0.29) is 0 Å². The molecule has 0 saturated carbocycles. The molecule has 90 valence electrons. The molecule has 2 heterocycles. The summed E-state index contributed by atoms with van der Waals surface area (Å²) in [5.41, 5.74) is 0. The van der Waals surface area contributed by atoms with Gasteiger partial charge >= 0.3 is 0 Å². The third kappa shape index (κ3) is 3.22. The molecule has 1 saturated heterocycles. The van der Waals surface area contributed by atoms with Crippen molar-refractivity contribution in [3.8, 4) is 0 Å². The number of thioether (sulfide) groups is 1. The van der Waals surface area contributed by atoms with Crippen LogP contribution in [0.4, 0.5) is 0 Å². The predicted molar refractivity (Wildman–Crippen MR) is 63.5 cm³/mol. The summed E-state index contributed by atoms with van der Waals surface area (Å²) in [6, 6.07) is 0. The van der Waals surface area contributed by atoms with E-state index in [1.165, 1.54) is 0 Å². The second-order valence-corrected chi connectivity index (χ2v) is 5.60. The number of hydrogen-bond acceptors (Lipinski definition) is 5. The fraction of sp³-hybridized carbons (Fsp3) is 0.818. The largest absolute Gasteiger partial charge is 0.424 e. The van der Waals surface area contributed by atoms with Crippen LogP contribution in [0.3, 0.4) is 0 Å². The second kappa shape index (κ2) is 5.68. The van der Waals surface area contributed by atoms with E-state index in [1.807, 2.05) is 11.8 Å². The molecule has 0 spiro atoms. The van der Waals surface area contributed by atoms with Gasteiger partial charge in [-0.1, -0.05) is 13.8 Å². The summed E-state index contributed by atoms with van der Waals surface area (Å²) in [6.45, 7) is 5.89. The lowest BCUT2D eigenvalue weighted by Crippen LogP contribution is -2.17. The van der Waals surface area contributed by atoms with Gasteiger partial charge in [0, 0.05) is 24.4 Å². The minimum absolute atomic E-state index is 0.314. The highest BCUT2D eigenvalue weighted by atomic mass is 32.2. The average molecular weight is 242 g/mol. The lowest BCUT2D eigenvalue weighted by atomic mass is 10.2. The maximum Gasteiger partial charge on any atom is 0.226 e. The summed E-state index contributed by atoms with van der Waals surface area (Å²) in [7, 11) is 0. The zero-order chi connectivity index (χ0) is 11.4. The van der Waals surface area contributed by atoms with Crippen LogP contribution in [0.25, 0.3) is 0 Å². The molecule has 1 aliphatic heterocycles. The maximum atomic E-state index is 5.56. The highest BCUT2D eigenvalue weighted by molar-refractivity contribution is 7.99. The van der Waals surface area contributed by atoms with E-state index in [4.69, 9.17) is 9.15 Å². The lowest BCUT2D eigenvalue weighted by Gasteiger charge is -2.20. The van der Waals surface area contributed by atoms with Crippen molar-refractivity contribution in [1.82, 2.24) is 10.2 Å². The van der Waals surface area contributed by atoms with E-state index in [1.54, 1.807) is 0 Å². The second-order valence-electron chi connectivity index (χ2n) is 4.31. The Balaban J connectivity index is 1.79. The molecule has 4 nitrogen and oxygen atoms in total. The van der Waals surface area contributed by atoms with Gasteiger partial charge in [0.25, 0.3) is 0 Å². The van der Waals surface area contributed by atoms with Crippen molar-refractivity contribution >= 4 is 11.8 Å². The Morgan fingerprint density at radius 1 is 1.31 bits per heavy atom. The molecule has 0 amide bonds. The molecule has 1 fully saturated rings. The molecule has 1 aliphatic rings. The van der Waals surface area contributed by atoms with Crippen LogP contribution in [0.5, 0.6) is 0 Å². The van der Waals surface area contributed by atoms with Gasteiger partial charge in [-0.2, -0.15) is 0 Å². The minimum atomic E-state index is 0.314. The molecule has 0 N–H and O–H groups in total. The number of hydrogen-bond donors (Lipinski definition) is 0. The molecule has 1 aromatic heterocycles. The topological polar surface area (TPSA) is 48.2 Å². The SMILES string of the molecule is CC(C)c1nnc(CSC2CCOCC2)o1. The normalized spacial score (nSPS) is 18.2. The molecule has 0 aliphatic carbocycles. The van der Waals surface area contributed by atoms with Gasteiger partial charge in [-0.15, -0.1) is 22.0 Å². The summed E-state index contributed by atoms with van der Waals surface area (Å²) >= 11 is 1.90. The van der Waals surface area contributed by atoms with Crippen molar-refractivity contribution in [1.29, 1.82) is 0 Å². The lowest BCUT2D eigenvalue weighted by molar-refractivity contribution is 0.1000. The summed E-state index contributed by atoms with van der Waals surface area (Å²) in [4.78, 5) is 0. The molecular formula is C11H18N2O2S. The van der Waals surface area contributed by atoms with Gasteiger partial charge in [0.1, 0.15) is 0 Å². The Hall–Kier alpha value is -0.550. The van der Waals surface area contributed by atoms with Gasteiger partial charge in [0.05, 0.1) is 5.75 Å². The molecule has 1 aromatic rings. The van der Waals surface area contributed by atoms with Crippen molar-refractivity contribution in [3.63, 3.8) is 0 Å². The fourth-order valence-electron chi connectivity index (χ4n) is 1.59. The van der Waals surface area contributed by atoms with E-state index < -0.39 is 0 Å². The van der Waals surface area contributed by atoms with Crippen molar-refractivity contribution in [2.24, 2.45) is 0 Å². The van der Waals surface area contributed by atoms with Gasteiger partial charge in [0.2, 0.25) is 11.8 Å². The Labute approximate surface area is 100 Å². The monoisotopic (exact) mass is 242 g/mol. The number of ether oxygens (including phenoxy) is 1. The van der Waals surface area contributed by atoms with Gasteiger partial charge in [-0.3, -0.25) is 0 Å². The standard InChI is InChI=1S/C11H18N2O2S/c1-8(2)11-13-12-10(15-11)7-16-9-3-5-14-6-4-9/h8-9H,3-7H2,1-2H3. The van der Waals surface area contributed by atoms with E-state index in [9.17, 15) is 0 Å². The molecular weight excluding hydrogens is 224 g/mol. The quantitative estimate of drug-likeness (QED) is 0.812. The van der Waals surface area contributed by atoms with Crippen LogP contribution in [-0.4, -0.2) is 28.7 Å². The molecule has 5 heteroatoms. The van der Waals surface area contributed by atoms with Crippen molar-refractivity contribution in [3.05, 3.63) is 11.8 Å². The third-order valence-electron chi connectivity index (χ3n) is 2.59. The molecule has 0 bridgehead atoms. The van der Waals surface area contributed by atoms with E-state index in [0.717, 1.165) is 43.6 Å². The van der Waals surface area contributed by atoms with E-state index in [2.05, 4.69) is 24.0 Å². The van der Waals surface area contributed by atoms with Crippen LogP contribution in [-0.2, 0) is 10.5 Å². The van der Waals surface area contributed by atoms with Gasteiger partial charge in [-0.25, -0.2) is 0 Å². The summed E-state index contributed by atoms with van der Waals surface area (Å²) in [6.07, 6.45) is 2.27. The first-order valence-corrected chi connectivity index (χ1v) is 6.82. The molecule has 0 radical (unpaired) electrons. The summed E-state index contributed by atoms with van der Waals surface area (Å²) < 4.78 is 10.9. The molecule has 2 rings (SSSR count). The fourth-order valence-corrected chi connectivity index (χ4v) is 2.61. The van der Waals surface area contributed by atoms with E-state index >= 15 is 0 Å². The van der Waals surface area contributed by atoms with Crippen LogP contribution in [0.1, 0.15) is 44.4 Å². The van der Waals surface area contributed by atoms with Crippen LogP contribution in [0.2, 0.25) is 0 Å². The first-order chi connectivity index (χ1) is 7.75. The molecule has 0 atom stereocenters. The minimum Gasteiger partial charge on any atom is -0.424 e. The Bertz CT molecular complexity index is 322. The summed E-state index contributed by atoms with van der Waals surface area (Å²) in [5.74, 6) is 2.63. The van der Waals surface area contributed by atoms with Gasteiger partial charge in [-0.05, 0) is 12.8 Å². The van der Waals surface area contributed by atoms with Crippen molar-refractivity contribution in [2.75, 3.05) is 13.2 Å². The van der Waals surface area contributed by atoms with Gasteiger partial charge < -0.3 is 9.15 Å². The zero-order valence-electron chi connectivity index (χ0n) is 9.81. The highest BCUT2D eigenvalue weighted by Crippen LogP contribution is 2.25. The average Bonchev–Trinajstić information content (AvgIpc) is 2.76. The van der Waals surface area contributed by atoms with Crippen LogP contribution in [0, 0.1) is 0 Å². The van der Waals surface area contributed by atoms with Gasteiger partial charge in [0.15, 0.2) is 0 Å². The Morgan fingerprint density at radius 2 is 2.06 bits per heavy atom. The maximum absolute atomic E-state index is 5.56. The number of aromatic nitrogens is 2. The van der Waals surface area contributed by atoms with E-state index in [0.29, 0.717) is 11.2 Å². The van der Waals surface area contributed by atoms with Crippen LogP contribution < -0.4 is 0 Å². The first-order valence-electron chi connectivity index (χ1n) is 5.77. The van der Waals surface area contributed by atoms with Crippen LogP contribution in [0.15, 0.2) is 4.42 Å². The zero-order valence-corrected chi connectivity index (χ0v) is 10.6. The first kappa shape index (κ1) is 11.9.